The smallest absolute Gasteiger partial charge is 0.227 e. The normalized spacial score (nSPS) is 21.2. The van der Waals surface area contributed by atoms with E-state index < -0.39 is 5.91 Å². The molecule has 1 aliphatic carbocycles. The third kappa shape index (κ3) is 4.29. The van der Waals surface area contributed by atoms with Crippen molar-refractivity contribution in [1.29, 1.82) is 0 Å². The molecule has 0 aromatic heterocycles. The van der Waals surface area contributed by atoms with E-state index >= 15 is 0 Å². The maximum absolute atomic E-state index is 12.7. The van der Waals surface area contributed by atoms with E-state index in [0.717, 1.165) is 24.8 Å². The molecule has 1 saturated carbocycles. The highest BCUT2D eigenvalue weighted by molar-refractivity contribution is 5.81. The highest BCUT2D eigenvalue weighted by atomic mass is 16.2. The van der Waals surface area contributed by atoms with Crippen molar-refractivity contribution in [3.8, 4) is 0 Å². The van der Waals surface area contributed by atoms with E-state index in [1.54, 1.807) is 4.90 Å². The Balaban J connectivity index is 2.07. The fourth-order valence-electron chi connectivity index (χ4n) is 2.85. The van der Waals surface area contributed by atoms with Crippen LogP contribution in [0.2, 0.25) is 0 Å². The average molecular weight is 289 g/mol. The van der Waals surface area contributed by atoms with Gasteiger partial charge in [0.1, 0.15) is 0 Å². The summed E-state index contributed by atoms with van der Waals surface area (Å²) < 4.78 is 0. The standard InChI is InChI=1S/C16H23N3O2/c17-14-8-4-7-13(14)16(21)19(10-9-15(18)20)11-12-5-2-1-3-6-12/h1-3,5-6,13-14H,4,7-11,17H2,(H2,18,20). The molecule has 114 valence electrons. The minimum absolute atomic E-state index is 0.0464. The molecule has 0 heterocycles. The van der Waals surface area contributed by atoms with Crippen LogP contribution in [0.15, 0.2) is 30.3 Å². The SMILES string of the molecule is NC(=O)CCN(Cc1ccccc1)C(=O)C1CCCC1N. The van der Waals surface area contributed by atoms with E-state index in [0.29, 0.717) is 13.1 Å². The Bertz CT molecular complexity index is 490. The van der Waals surface area contributed by atoms with Crippen molar-refractivity contribution in [3.05, 3.63) is 35.9 Å². The summed E-state index contributed by atoms with van der Waals surface area (Å²) in [5.41, 5.74) is 12.3. The Kier molecular flexibility index (Phi) is 5.33. The largest absolute Gasteiger partial charge is 0.370 e. The van der Waals surface area contributed by atoms with Crippen molar-refractivity contribution in [2.24, 2.45) is 17.4 Å². The van der Waals surface area contributed by atoms with Gasteiger partial charge in [0.25, 0.3) is 0 Å². The molecule has 0 bridgehead atoms. The molecule has 2 atom stereocenters. The molecule has 1 aromatic rings. The van der Waals surface area contributed by atoms with Crippen LogP contribution in [0.3, 0.4) is 0 Å². The molecule has 5 nitrogen and oxygen atoms in total. The van der Waals surface area contributed by atoms with Crippen LogP contribution in [0.1, 0.15) is 31.2 Å². The summed E-state index contributed by atoms with van der Waals surface area (Å²) in [5.74, 6) is -0.469. The van der Waals surface area contributed by atoms with Crippen molar-refractivity contribution in [2.45, 2.75) is 38.3 Å². The third-order valence-electron chi connectivity index (χ3n) is 4.04. The second-order valence-corrected chi connectivity index (χ2v) is 5.66. The lowest BCUT2D eigenvalue weighted by Gasteiger charge is -2.27. The fourth-order valence-corrected chi connectivity index (χ4v) is 2.85. The summed E-state index contributed by atoms with van der Waals surface area (Å²) in [5, 5.41) is 0. The van der Waals surface area contributed by atoms with Crippen molar-refractivity contribution in [3.63, 3.8) is 0 Å². The summed E-state index contributed by atoms with van der Waals surface area (Å²) in [4.78, 5) is 25.4. The molecular weight excluding hydrogens is 266 g/mol. The van der Waals surface area contributed by atoms with Crippen LogP contribution in [0.4, 0.5) is 0 Å². The van der Waals surface area contributed by atoms with E-state index in [4.69, 9.17) is 11.5 Å². The molecule has 2 rings (SSSR count). The van der Waals surface area contributed by atoms with Gasteiger partial charge < -0.3 is 16.4 Å². The summed E-state index contributed by atoms with van der Waals surface area (Å²) in [6, 6.07) is 9.69. The number of amides is 2. The summed E-state index contributed by atoms with van der Waals surface area (Å²) >= 11 is 0. The van der Waals surface area contributed by atoms with E-state index in [-0.39, 0.29) is 24.3 Å². The lowest BCUT2D eigenvalue weighted by molar-refractivity contribution is -0.136. The molecule has 0 spiro atoms. The highest BCUT2D eigenvalue weighted by Crippen LogP contribution is 2.26. The van der Waals surface area contributed by atoms with Crippen molar-refractivity contribution < 1.29 is 9.59 Å². The average Bonchev–Trinajstić information content (AvgIpc) is 2.90. The summed E-state index contributed by atoms with van der Waals surface area (Å²) in [7, 11) is 0. The van der Waals surface area contributed by atoms with Gasteiger partial charge in [-0.05, 0) is 18.4 Å². The van der Waals surface area contributed by atoms with Crippen LogP contribution in [-0.2, 0) is 16.1 Å². The second-order valence-electron chi connectivity index (χ2n) is 5.66. The topological polar surface area (TPSA) is 89.4 Å². The Morgan fingerprint density at radius 3 is 2.48 bits per heavy atom. The lowest BCUT2D eigenvalue weighted by atomic mass is 10.0. The number of primary amides is 1. The van der Waals surface area contributed by atoms with E-state index in [2.05, 4.69) is 0 Å². The predicted octanol–water partition coefficient (Wildman–Crippen LogP) is 1.02. The molecule has 4 N–H and O–H groups in total. The number of carbonyl (C=O) groups is 2. The number of hydrogen-bond acceptors (Lipinski definition) is 3. The van der Waals surface area contributed by atoms with Crippen LogP contribution in [0.5, 0.6) is 0 Å². The molecule has 0 aliphatic heterocycles. The number of benzene rings is 1. The monoisotopic (exact) mass is 289 g/mol. The number of nitrogens with zero attached hydrogens (tertiary/aromatic N) is 1. The first kappa shape index (κ1) is 15.5. The maximum Gasteiger partial charge on any atom is 0.227 e. The van der Waals surface area contributed by atoms with Crippen LogP contribution in [-0.4, -0.2) is 29.3 Å². The van der Waals surface area contributed by atoms with Crippen molar-refractivity contribution in [2.75, 3.05) is 6.54 Å². The van der Waals surface area contributed by atoms with Crippen LogP contribution < -0.4 is 11.5 Å². The number of carbonyl (C=O) groups excluding carboxylic acids is 2. The predicted molar refractivity (Wildman–Crippen MR) is 81.0 cm³/mol. The first-order valence-electron chi connectivity index (χ1n) is 7.44. The molecule has 2 amide bonds. The van der Waals surface area contributed by atoms with Gasteiger partial charge in [-0.15, -0.1) is 0 Å². The Labute approximate surface area is 125 Å². The van der Waals surface area contributed by atoms with Crippen LogP contribution in [0, 0.1) is 5.92 Å². The summed E-state index contributed by atoms with van der Waals surface area (Å²) in [6.07, 6.45) is 2.90. The van der Waals surface area contributed by atoms with Crippen molar-refractivity contribution in [1.82, 2.24) is 4.90 Å². The van der Waals surface area contributed by atoms with Gasteiger partial charge in [-0.25, -0.2) is 0 Å². The quantitative estimate of drug-likeness (QED) is 0.819. The molecule has 0 radical (unpaired) electrons. The summed E-state index contributed by atoms with van der Waals surface area (Å²) in [6.45, 7) is 0.850. The van der Waals surface area contributed by atoms with Crippen LogP contribution in [0.25, 0.3) is 0 Å². The second kappa shape index (κ2) is 7.22. The molecule has 1 aromatic carbocycles. The molecular formula is C16H23N3O2. The minimum Gasteiger partial charge on any atom is -0.370 e. The lowest BCUT2D eigenvalue weighted by Crippen LogP contribution is -2.42. The molecule has 1 fully saturated rings. The number of nitrogens with two attached hydrogens (primary N) is 2. The van der Waals surface area contributed by atoms with E-state index in [1.165, 1.54) is 0 Å². The van der Waals surface area contributed by atoms with E-state index in [9.17, 15) is 9.59 Å². The zero-order valence-electron chi connectivity index (χ0n) is 12.2. The van der Waals surface area contributed by atoms with Gasteiger partial charge in [-0.2, -0.15) is 0 Å². The van der Waals surface area contributed by atoms with Gasteiger partial charge in [0.15, 0.2) is 0 Å². The zero-order chi connectivity index (χ0) is 15.2. The first-order valence-corrected chi connectivity index (χ1v) is 7.44. The molecule has 2 unspecified atom stereocenters. The zero-order valence-corrected chi connectivity index (χ0v) is 12.2. The van der Waals surface area contributed by atoms with Gasteiger partial charge in [0, 0.05) is 25.6 Å². The van der Waals surface area contributed by atoms with Gasteiger partial charge in [-0.3, -0.25) is 9.59 Å². The highest BCUT2D eigenvalue weighted by Gasteiger charge is 2.33. The van der Waals surface area contributed by atoms with Gasteiger partial charge >= 0.3 is 0 Å². The number of hydrogen-bond donors (Lipinski definition) is 2. The van der Waals surface area contributed by atoms with E-state index in [1.807, 2.05) is 30.3 Å². The van der Waals surface area contributed by atoms with Crippen molar-refractivity contribution >= 4 is 11.8 Å². The number of rotatable bonds is 6. The fraction of sp³-hybridized carbons (Fsp3) is 0.500. The van der Waals surface area contributed by atoms with Gasteiger partial charge in [-0.1, -0.05) is 36.8 Å². The third-order valence-corrected chi connectivity index (χ3v) is 4.04. The molecule has 5 heteroatoms. The Morgan fingerprint density at radius 1 is 1.19 bits per heavy atom. The van der Waals surface area contributed by atoms with Gasteiger partial charge in [0.2, 0.25) is 11.8 Å². The minimum atomic E-state index is -0.392. The molecule has 0 saturated heterocycles. The molecule has 1 aliphatic rings. The molecule has 21 heavy (non-hydrogen) atoms. The van der Waals surface area contributed by atoms with Crippen LogP contribution >= 0.6 is 0 Å². The maximum atomic E-state index is 12.7. The Hall–Kier alpha value is -1.88. The van der Waals surface area contributed by atoms with Gasteiger partial charge in [0.05, 0.1) is 5.92 Å². The first-order chi connectivity index (χ1) is 10.1. The Morgan fingerprint density at radius 2 is 1.90 bits per heavy atom.